The van der Waals surface area contributed by atoms with Crippen LogP contribution in [-0.2, 0) is 70.1 Å². The maximum atomic E-state index is 0. The van der Waals surface area contributed by atoms with Crippen LogP contribution >= 0.6 is 0 Å². The molecule has 0 saturated heterocycles. The molecule has 36 valence electrons. The molecule has 0 aliphatic carbocycles. The SMILES string of the molecule is [As].[Cu].[Fe].[Ni].[Zn]. The largest absolute Gasteiger partial charge is 0 e. The van der Waals surface area contributed by atoms with Crippen molar-refractivity contribution in [3.8, 4) is 0 Å². The van der Waals surface area contributed by atoms with Crippen molar-refractivity contribution in [2.24, 2.45) is 0 Å². The van der Waals surface area contributed by atoms with Gasteiger partial charge >= 0.3 is 0 Å². The van der Waals surface area contributed by atoms with Gasteiger partial charge in [0.05, 0.1) is 0 Å². The standard InChI is InChI=1S/As.Cu.Fe.Ni.Zn. The van der Waals surface area contributed by atoms with Crippen molar-refractivity contribution in [2.45, 2.75) is 0 Å². The van der Waals surface area contributed by atoms with Crippen molar-refractivity contribution in [3.63, 3.8) is 0 Å². The molecule has 5 heteroatoms. The van der Waals surface area contributed by atoms with Crippen LogP contribution in [0.25, 0.3) is 0 Å². The second kappa shape index (κ2) is 29.8. The van der Waals surface area contributed by atoms with Gasteiger partial charge in [-0.15, -0.1) is 0 Å². The van der Waals surface area contributed by atoms with E-state index < -0.39 is 0 Å². The van der Waals surface area contributed by atoms with Crippen LogP contribution < -0.4 is 0 Å². The fourth-order valence-corrected chi connectivity index (χ4v) is 0. The van der Waals surface area contributed by atoms with Crippen LogP contribution in [0.1, 0.15) is 0 Å². The summed E-state index contributed by atoms with van der Waals surface area (Å²) in [5.41, 5.74) is 0. The summed E-state index contributed by atoms with van der Waals surface area (Å²) in [5, 5.41) is 0. The number of rotatable bonds is 0. The topological polar surface area (TPSA) is 0 Å². The molecule has 0 unspecified atom stereocenters. The van der Waals surface area contributed by atoms with Gasteiger partial charge in [-0.1, -0.05) is 0 Å². The Kier molecular flexibility index (Phi) is 281. The van der Waals surface area contributed by atoms with E-state index in [0.29, 0.717) is 0 Å². The van der Waals surface area contributed by atoms with E-state index in [1.54, 1.807) is 0 Å². The van der Waals surface area contributed by atoms with Gasteiger partial charge in [0, 0.05) is 88.1 Å². The van der Waals surface area contributed by atoms with Crippen molar-refractivity contribution in [1.29, 1.82) is 0 Å². The summed E-state index contributed by atoms with van der Waals surface area (Å²) in [6.45, 7) is 0. The van der Waals surface area contributed by atoms with E-state index in [-0.39, 0.29) is 88.1 Å². The summed E-state index contributed by atoms with van der Waals surface area (Å²) in [6, 6.07) is 0. The summed E-state index contributed by atoms with van der Waals surface area (Å²) >= 11 is 0. The molecular formula is AsCuFeNiZn. The Labute approximate surface area is 86.9 Å². The summed E-state index contributed by atoms with van der Waals surface area (Å²) in [7, 11) is 0. The molecule has 0 nitrogen and oxygen atoms in total. The van der Waals surface area contributed by atoms with Crippen molar-refractivity contribution >= 4 is 18.0 Å². The summed E-state index contributed by atoms with van der Waals surface area (Å²) in [5.74, 6) is 0. The molecule has 0 spiro atoms. The van der Waals surface area contributed by atoms with Crippen LogP contribution in [-0.4, -0.2) is 18.0 Å². The van der Waals surface area contributed by atoms with Crippen LogP contribution in [0.3, 0.4) is 0 Å². The molecule has 0 heterocycles. The Balaban J connectivity index is 0. The number of hydrogen-bond donors (Lipinski definition) is 0. The molecule has 0 N–H and O–H groups in total. The molecule has 0 aliphatic rings. The monoisotopic (exact) mass is 316 g/mol. The van der Waals surface area contributed by atoms with Gasteiger partial charge in [-0.25, -0.2) is 0 Å². The van der Waals surface area contributed by atoms with Gasteiger partial charge in [-0.3, -0.25) is 0 Å². The summed E-state index contributed by atoms with van der Waals surface area (Å²) in [6.07, 6.45) is 0. The summed E-state index contributed by atoms with van der Waals surface area (Å²) < 4.78 is 0. The van der Waals surface area contributed by atoms with Crippen LogP contribution in [0.2, 0.25) is 0 Å². The maximum Gasteiger partial charge on any atom is 0 e. The van der Waals surface area contributed by atoms with E-state index in [4.69, 9.17) is 0 Å². The third-order valence-electron chi connectivity index (χ3n) is 0. The normalized spacial score (nSPS) is 0. The molecule has 0 aromatic carbocycles. The zero-order valence-corrected chi connectivity index (χ0v) is 10.0. The first kappa shape index (κ1) is 47.2. The first-order chi connectivity index (χ1) is 0. The van der Waals surface area contributed by atoms with Crippen LogP contribution in [0, 0.1) is 0 Å². The van der Waals surface area contributed by atoms with E-state index in [1.165, 1.54) is 0 Å². The number of hydrogen-bond acceptors (Lipinski definition) is 0. The fourth-order valence-electron chi connectivity index (χ4n) is 0. The average Bonchev–Trinajstić information content (AvgIpc) is 0. The third-order valence-corrected chi connectivity index (χ3v) is 0. The smallest absolute Gasteiger partial charge is 0 e. The van der Waals surface area contributed by atoms with Gasteiger partial charge in [0.15, 0.2) is 0 Å². The Morgan fingerprint density at radius 1 is 1.00 bits per heavy atom. The van der Waals surface area contributed by atoms with Gasteiger partial charge in [0.25, 0.3) is 0 Å². The van der Waals surface area contributed by atoms with Crippen molar-refractivity contribution in [3.05, 3.63) is 0 Å². The maximum absolute atomic E-state index is 0. The third kappa shape index (κ3) is 20.3. The molecule has 0 bridgehead atoms. The molecule has 0 rings (SSSR count). The molecule has 0 amide bonds. The van der Waals surface area contributed by atoms with E-state index >= 15 is 0 Å². The molecule has 0 aromatic heterocycles. The zero-order chi connectivity index (χ0) is 0. The van der Waals surface area contributed by atoms with Crippen molar-refractivity contribution in [1.82, 2.24) is 0 Å². The van der Waals surface area contributed by atoms with E-state index in [1.807, 2.05) is 0 Å². The van der Waals surface area contributed by atoms with E-state index in [2.05, 4.69) is 0 Å². The van der Waals surface area contributed by atoms with Crippen LogP contribution in [0.15, 0.2) is 0 Å². The second-order valence-electron chi connectivity index (χ2n) is 0. The summed E-state index contributed by atoms with van der Waals surface area (Å²) in [4.78, 5) is 0. The van der Waals surface area contributed by atoms with Gasteiger partial charge in [0.2, 0.25) is 0 Å². The Morgan fingerprint density at radius 2 is 1.00 bits per heavy atom. The molecule has 0 saturated carbocycles. The first-order valence-corrected chi connectivity index (χ1v) is 0. The average molecular weight is 318 g/mol. The van der Waals surface area contributed by atoms with Gasteiger partial charge in [-0.2, -0.15) is 0 Å². The molecule has 0 aliphatic heterocycles. The predicted octanol–water partition coefficient (Wildman–Crippen LogP) is -0.391. The molecular weight excluding hydrogens is 318 g/mol. The Bertz CT molecular complexity index is 11.6. The Hall–Kier alpha value is 2.71. The first-order valence-electron chi connectivity index (χ1n) is 0. The fraction of sp³-hybridized carbons (Fsp3) is 0. The van der Waals surface area contributed by atoms with E-state index in [9.17, 15) is 0 Å². The molecule has 0 aromatic rings. The molecule has 5 heavy (non-hydrogen) atoms. The molecule has 4 radical (unpaired) electrons. The minimum absolute atomic E-state index is 0. The molecule has 0 fully saturated rings. The predicted molar refractivity (Wildman–Crippen MR) is 5.75 cm³/mol. The molecule has 0 atom stereocenters. The van der Waals surface area contributed by atoms with Crippen molar-refractivity contribution < 1.29 is 70.1 Å². The van der Waals surface area contributed by atoms with Gasteiger partial charge < -0.3 is 0 Å². The van der Waals surface area contributed by atoms with Crippen LogP contribution in [0.5, 0.6) is 0 Å². The van der Waals surface area contributed by atoms with Gasteiger partial charge in [-0.05, 0) is 0 Å². The minimum atomic E-state index is 0. The minimum Gasteiger partial charge on any atom is 0 e. The van der Waals surface area contributed by atoms with E-state index in [0.717, 1.165) is 0 Å². The Morgan fingerprint density at radius 3 is 1.00 bits per heavy atom. The second-order valence-corrected chi connectivity index (χ2v) is 0. The van der Waals surface area contributed by atoms with Crippen molar-refractivity contribution in [2.75, 3.05) is 0 Å². The quantitative estimate of drug-likeness (QED) is 0.534. The zero-order valence-electron chi connectivity index (χ0n) is 2.13. The van der Waals surface area contributed by atoms with Gasteiger partial charge in [0.1, 0.15) is 0 Å². The van der Waals surface area contributed by atoms with Crippen LogP contribution in [0.4, 0.5) is 0 Å².